The highest BCUT2D eigenvalue weighted by Crippen LogP contribution is 2.33. The first-order chi connectivity index (χ1) is 15.3. The normalized spacial score (nSPS) is 13.0. The van der Waals surface area contributed by atoms with Gasteiger partial charge in [0.05, 0.1) is 10.6 Å². The number of hydrogen-bond donors (Lipinski definition) is 1. The molecule has 0 aliphatic heterocycles. The topological polar surface area (TPSA) is 91.4 Å². The van der Waals surface area contributed by atoms with E-state index in [1.54, 1.807) is 12.1 Å². The third-order valence-corrected chi connectivity index (χ3v) is 7.21. The lowest BCUT2D eigenvalue weighted by molar-refractivity contribution is 0.0374. The van der Waals surface area contributed by atoms with Crippen LogP contribution < -0.4 is 5.73 Å². The molecule has 0 aliphatic carbocycles. The third kappa shape index (κ3) is 5.62. The van der Waals surface area contributed by atoms with Crippen molar-refractivity contribution in [1.82, 2.24) is 3.97 Å². The van der Waals surface area contributed by atoms with Crippen molar-refractivity contribution in [3.63, 3.8) is 0 Å². The van der Waals surface area contributed by atoms with E-state index < -0.39 is 39.3 Å². The van der Waals surface area contributed by atoms with E-state index in [0.717, 1.165) is 10.0 Å². The lowest BCUT2D eigenvalue weighted by Gasteiger charge is -2.29. The highest BCUT2D eigenvalue weighted by molar-refractivity contribution is 9.10. The van der Waals surface area contributed by atoms with Crippen LogP contribution in [0.15, 0.2) is 64.1 Å². The molecule has 0 radical (unpaired) electrons. The zero-order chi connectivity index (χ0) is 24.6. The number of primary amides is 1. The Morgan fingerprint density at radius 2 is 1.85 bits per heavy atom. The number of benzene rings is 2. The maximum atomic E-state index is 14.7. The standard InChI is InChI=1S/C23H23BrF2N2O4S/c1-23(2,3)21(32-22(27)29)10-14-9-20(18-8-7-16(25)12-19(18)26)28(13-14)33(30,31)17-6-4-5-15(24)11-17/h4-9,11-13,21H,10H2,1-3H3,(H2,27,29). The van der Waals surface area contributed by atoms with Crippen LogP contribution in [0.3, 0.4) is 0 Å². The Morgan fingerprint density at radius 3 is 2.42 bits per heavy atom. The molecule has 0 aliphatic rings. The number of carbonyl (C=O) groups is 1. The summed E-state index contributed by atoms with van der Waals surface area (Å²) >= 11 is 3.26. The smallest absolute Gasteiger partial charge is 0.404 e. The number of aromatic nitrogens is 1. The largest absolute Gasteiger partial charge is 0.445 e. The van der Waals surface area contributed by atoms with Gasteiger partial charge in [0.2, 0.25) is 0 Å². The highest BCUT2D eigenvalue weighted by atomic mass is 79.9. The van der Waals surface area contributed by atoms with E-state index in [0.29, 0.717) is 16.1 Å². The summed E-state index contributed by atoms with van der Waals surface area (Å²) in [6, 6.07) is 10.5. The van der Waals surface area contributed by atoms with E-state index in [1.165, 1.54) is 30.5 Å². The van der Waals surface area contributed by atoms with Gasteiger partial charge < -0.3 is 10.5 Å². The second kappa shape index (κ2) is 9.26. The van der Waals surface area contributed by atoms with Gasteiger partial charge in [-0.15, -0.1) is 0 Å². The van der Waals surface area contributed by atoms with Gasteiger partial charge in [-0.3, -0.25) is 0 Å². The van der Waals surface area contributed by atoms with Crippen molar-refractivity contribution >= 4 is 32.0 Å². The molecule has 1 atom stereocenters. The monoisotopic (exact) mass is 540 g/mol. The molecule has 3 aromatic rings. The number of halogens is 3. The maximum absolute atomic E-state index is 14.7. The van der Waals surface area contributed by atoms with E-state index in [-0.39, 0.29) is 22.6 Å². The maximum Gasteiger partial charge on any atom is 0.404 e. The van der Waals surface area contributed by atoms with Crippen LogP contribution in [0.5, 0.6) is 0 Å². The second-order valence-corrected chi connectivity index (χ2v) is 11.3. The van der Waals surface area contributed by atoms with E-state index in [9.17, 15) is 22.0 Å². The molecular formula is C23H23BrF2N2O4S. The summed E-state index contributed by atoms with van der Waals surface area (Å²) in [5.41, 5.74) is 5.08. The average Bonchev–Trinajstić information content (AvgIpc) is 3.11. The molecule has 3 rings (SSSR count). The molecule has 1 amide bonds. The zero-order valence-corrected chi connectivity index (χ0v) is 20.6. The van der Waals surface area contributed by atoms with Crippen LogP contribution in [-0.4, -0.2) is 24.6 Å². The minimum absolute atomic E-state index is 0.00853. The quantitative estimate of drug-likeness (QED) is 0.447. The van der Waals surface area contributed by atoms with Crippen LogP contribution >= 0.6 is 15.9 Å². The fourth-order valence-corrected chi connectivity index (χ4v) is 5.31. The van der Waals surface area contributed by atoms with Gasteiger partial charge in [-0.25, -0.2) is 26.0 Å². The predicted molar refractivity (Wildman–Crippen MR) is 124 cm³/mol. The average molecular weight is 541 g/mol. The Hall–Kier alpha value is -2.72. The molecule has 176 valence electrons. The Kier molecular flexibility index (Phi) is 6.99. The Bertz CT molecular complexity index is 1300. The first-order valence-electron chi connectivity index (χ1n) is 9.93. The molecule has 0 saturated carbocycles. The molecule has 0 saturated heterocycles. The minimum Gasteiger partial charge on any atom is -0.445 e. The number of hydrogen-bond acceptors (Lipinski definition) is 4. The fraction of sp³-hybridized carbons (Fsp3) is 0.261. The van der Waals surface area contributed by atoms with Crippen LogP contribution in [0, 0.1) is 17.0 Å². The minimum atomic E-state index is -4.15. The number of carbonyl (C=O) groups excluding carboxylic acids is 1. The number of amides is 1. The van der Waals surface area contributed by atoms with Crippen molar-refractivity contribution in [2.24, 2.45) is 11.1 Å². The van der Waals surface area contributed by atoms with Crippen molar-refractivity contribution < 1.29 is 26.7 Å². The van der Waals surface area contributed by atoms with Gasteiger partial charge in [-0.05, 0) is 47.4 Å². The Balaban J connectivity index is 2.19. The third-order valence-electron chi connectivity index (χ3n) is 5.05. The molecule has 2 N–H and O–H groups in total. The van der Waals surface area contributed by atoms with Crippen LogP contribution in [0.4, 0.5) is 13.6 Å². The molecule has 0 fully saturated rings. The number of rotatable bonds is 6. The number of ether oxygens (including phenoxy) is 1. The lowest BCUT2D eigenvalue weighted by Crippen LogP contribution is -2.35. The highest BCUT2D eigenvalue weighted by Gasteiger charge is 2.30. The predicted octanol–water partition coefficient (Wildman–Crippen LogP) is 5.49. The second-order valence-electron chi connectivity index (χ2n) is 8.61. The van der Waals surface area contributed by atoms with Crippen LogP contribution in [0.25, 0.3) is 11.3 Å². The zero-order valence-electron chi connectivity index (χ0n) is 18.2. The van der Waals surface area contributed by atoms with Crippen LogP contribution in [0.2, 0.25) is 0 Å². The van der Waals surface area contributed by atoms with E-state index in [2.05, 4.69) is 15.9 Å². The SMILES string of the molecule is CC(C)(C)C(Cc1cc(-c2ccc(F)cc2F)n(S(=O)(=O)c2cccc(Br)c2)c1)OC(N)=O. The van der Waals surface area contributed by atoms with Gasteiger partial charge in [0, 0.05) is 28.7 Å². The van der Waals surface area contributed by atoms with E-state index >= 15 is 0 Å². The van der Waals surface area contributed by atoms with Crippen molar-refractivity contribution in [1.29, 1.82) is 0 Å². The van der Waals surface area contributed by atoms with Gasteiger partial charge in [-0.1, -0.05) is 42.8 Å². The molecule has 1 aromatic heterocycles. The molecular weight excluding hydrogens is 518 g/mol. The number of nitrogens with two attached hydrogens (primary N) is 1. The summed E-state index contributed by atoms with van der Waals surface area (Å²) in [5.74, 6) is -1.70. The first kappa shape index (κ1) is 24.9. The summed E-state index contributed by atoms with van der Waals surface area (Å²) in [4.78, 5) is 11.4. The van der Waals surface area contributed by atoms with Crippen molar-refractivity contribution in [2.45, 2.75) is 38.2 Å². The van der Waals surface area contributed by atoms with Gasteiger partial charge in [0.1, 0.15) is 17.7 Å². The molecule has 0 bridgehead atoms. The van der Waals surface area contributed by atoms with Gasteiger partial charge in [0.25, 0.3) is 10.0 Å². The molecule has 1 unspecified atom stereocenters. The summed E-state index contributed by atoms with van der Waals surface area (Å²) < 4.78 is 61.9. The van der Waals surface area contributed by atoms with Crippen molar-refractivity contribution in [2.75, 3.05) is 0 Å². The van der Waals surface area contributed by atoms with Gasteiger partial charge in [-0.2, -0.15) is 0 Å². The van der Waals surface area contributed by atoms with Crippen LogP contribution in [-0.2, 0) is 21.2 Å². The number of nitrogens with zero attached hydrogens (tertiary/aromatic N) is 1. The molecule has 0 spiro atoms. The van der Waals surface area contributed by atoms with Crippen LogP contribution in [0.1, 0.15) is 26.3 Å². The molecule has 2 aromatic carbocycles. The first-order valence-corrected chi connectivity index (χ1v) is 12.2. The molecule has 33 heavy (non-hydrogen) atoms. The molecule has 1 heterocycles. The summed E-state index contributed by atoms with van der Waals surface area (Å²) in [6.45, 7) is 5.53. The summed E-state index contributed by atoms with van der Waals surface area (Å²) in [7, 11) is -4.15. The van der Waals surface area contributed by atoms with E-state index in [1.807, 2.05) is 20.8 Å². The Labute approximate surface area is 199 Å². The van der Waals surface area contributed by atoms with Gasteiger partial charge >= 0.3 is 6.09 Å². The molecule has 10 heteroatoms. The van der Waals surface area contributed by atoms with Crippen molar-refractivity contribution in [3.8, 4) is 11.3 Å². The molecule has 6 nitrogen and oxygen atoms in total. The summed E-state index contributed by atoms with van der Waals surface area (Å²) in [6.07, 6.45) is -0.160. The van der Waals surface area contributed by atoms with Crippen molar-refractivity contribution in [3.05, 3.63) is 76.4 Å². The lowest BCUT2D eigenvalue weighted by atomic mass is 9.85. The van der Waals surface area contributed by atoms with Gasteiger partial charge in [0.15, 0.2) is 0 Å². The summed E-state index contributed by atoms with van der Waals surface area (Å²) in [5, 5.41) is 0. The fourth-order valence-electron chi connectivity index (χ4n) is 3.32. The Morgan fingerprint density at radius 1 is 1.15 bits per heavy atom. The van der Waals surface area contributed by atoms with E-state index in [4.69, 9.17) is 10.5 Å².